The third-order valence-electron chi connectivity index (χ3n) is 11.0. The summed E-state index contributed by atoms with van der Waals surface area (Å²) in [5, 5.41) is 0. The highest BCUT2D eigenvalue weighted by atomic mass is 16.6. The molecule has 0 bridgehead atoms. The molecule has 0 N–H and O–H groups in total. The maximum atomic E-state index is 12.7. The van der Waals surface area contributed by atoms with Gasteiger partial charge in [-0.2, -0.15) is 0 Å². The average Bonchev–Trinajstić information content (AvgIpc) is 3.31. The largest absolute Gasteiger partial charge is 0.462 e. The molecule has 0 spiro atoms. The van der Waals surface area contributed by atoms with Crippen LogP contribution < -0.4 is 0 Å². The van der Waals surface area contributed by atoms with Crippen LogP contribution in [0.15, 0.2) is 109 Å². The van der Waals surface area contributed by atoms with Gasteiger partial charge in [-0.15, -0.1) is 0 Å². The van der Waals surface area contributed by atoms with Crippen LogP contribution in [-0.2, 0) is 28.6 Å². The van der Waals surface area contributed by atoms with E-state index in [2.05, 4.69) is 130 Å². The summed E-state index contributed by atoms with van der Waals surface area (Å²) < 4.78 is 16.7. The summed E-state index contributed by atoms with van der Waals surface area (Å²) in [5.41, 5.74) is 0. The van der Waals surface area contributed by atoms with Gasteiger partial charge in [0.1, 0.15) is 13.2 Å². The summed E-state index contributed by atoms with van der Waals surface area (Å²) in [7, 11) is 0. The van der Waals surface area contributed by atoms with Gasteiger partial charge < -0.3 is 14.2 Å². The Bertz CT molecular complexity index is 1370. The van der Waals surface area contributed by atoms with Gasteiger partial charge in [0, 0.05) is 19.3 Å². The van der Waals surface area contributed by atoms with Crippen molar-refractivity contribution < 1.29 is 28.6 Å². The zero-order valence-corrected chi connectivity index (χ0v) is 42.7. The number of allylic oxidation sites excluding steroid dienone is 18. The lowest BCUT2D eigenvalue weighted by atomic mass is 10.1. The molecule has 0 aromatic rings. The van der Waals surface area contributed by atoms with E-state index in [-0.39, 0.29) is 31.1 Å². The monoisotopic (exact) mass is 915 g/mol. The van der Waals surface area contributed by atoms with Gasteiger partial charge in [0.15, 0.2) is 6.10 Å². The fraction of sp³-hybridized carbons (Fsp3) is 0.650. The van der Waals surface area contributed by atoms with Crippen LogP contribution in [-0.4, -0.2) is 37.2 Å². The summed E-state index contributed by atoms with van der Waals surface area (Å²) in [5.74, 6) is -0.940. The first kappa shape index (κ1) is 62.1. The number of carbonyl (C=O) groups excluding carboxylic acids is 3. The Morgan fingerprint density at radius 3 is 1.00 bits per heavy atom. The molecule has 0 saturated carbocycles. The maximum absolute atomic E-state index is 12.7. The molecule has 6 heteroatoms. The summed E-state index contributed by atoms with van der Waals surface area (Å²) in [6.45, 7) is 6.38. The first-order valence-electron chi connectivity index (χ1n) is 26.9. The molecule has 374 valence electrons. The van der Waals surface area contributed by atoms with Gasteiger partial charge in [-0.1, -0.05) is 207 Å². The van der Waals surface area contributed by atoms with Gasteiger partial charge in [0.25, 0.3) is 0 Å². The molecule has 0 aliphatic carbocycles. The Morgan fingerprint density at radius 1 is 0.318 bits per heavy atom. The quantitative estimate of drug-likeness (QED) is 0.0262. The number of unbranched alkanes of at least 4 members (excludes halogenated alkanes) is 18. The van der Waals surface area contributed by atoms with Crippen LogP contribution in [0.1, 0.15) is 233 Å². The number of carbonyl (C=O) groups is 3. The topological polar surface area (TPSA) is 78.9 Å². The average molecular weight is 915 g/mol. The standard InChI is InChI=1S/C60H98O6/c1-4-7-10-13-16-19-22-23-24-25-26-27-28-29-30-31-32-33-34-35-36-37-39-41-44-47-50-53-59(62)65-56-57(55-64-58(61)52-49-46-43-40-21-18-15-12-9-6-3)66-60(63)54-51-48-45-42-38-20-17-14-11-8-5-2/h7,10,12,14-17,19,23-24,26-27,29-30,32-33,35-36,57H,4-6,8-9,11,13,18,20-22,25,28,31,34,37-56H2,1-3H3/b10-7-,15-12-,17-14-,19-16-,24-23-,27-26-,30-29-,33-32-,36-35-. The molecule has 0 amide bonds. The van der Waals surface area contributed by atoms with Gasteiger partial charge in [0.05, 0.1) is 0 Å². The molecule has 0 radical (unpaired) electrons. The van der Waals surface area contributed by atoms with Crippen LogP contribution in [0.4, 0.5) is 0 Å². The highest BCUT2D eigenvalue weighted by Gasteiger charge is 2.19. The van der Waals surface area contributed by atoms with Gasteiger partial charge >= 0.3 is 17.9 Å². The number of hydrogen-bond donors (Lipinski definition) is 0. The third kappa shape index (κ3) is 51.1. The van der Waals surface area contributed by atoms with E-state index in [1.165, 1.54) is 38.5 Å². The van der Waals surface area contributed by atoms with Crippen molar-refractivity contribution in [1.29, 1.82) is 0 Å². The smallest absolute Gasteiger partial charge is 0.306 e. The Morgan fingerprint density at radius 2 is 0.621 bits per heavy atom. The molecular formula is C60H98O6. The normalized spacial score (nSPS) is 13.0. The summed E-state index contributed by atoms with van der Waals surface area (Å²) in [6, 6.07) is 0. The van der Waals surface area contributed by atoms with Crippen molar-refractivity contribution in [3.8, 4) is 0 Å². The van der Waals surface area contributed by atoms with Crippen LogP contribution in [0.25, 0.3) is 0 Å². The SMILES string of the molecule is CC/C=C\C/C=C\C/C=C\C/C=C\C/C=C\C/C=C\C/C=C\CCCCCCCC(=O)OCC(COC(=O)CCCCCCC/C=C\CCC)OC(=O)CCCCCCC/C=C\CCCC. The van der Waals surface area contributed by atoms with Crippen molar-refractivity contribution in [2.75, 3.05) is 13.2 Å². The Kier molecular flexibility index (Phi) is 50.5. The summed E-state index contributed by atoms with van der Waals surface area (Å²) in [4.78, 5) is 37.9. The van der Waals surface area contributed by atoms with E-state index in [4.69, 9.17) is 14.2 Å². The molecule has 0 fully saturated rings. The minimum absolute atomic E-state index is 0.0937. The van der Waals surface area contributed by atoms with E-state index < -0.39 is 6.10 Å². The first-order chi connectivity index (χ1) is 32.5. The lowest BCUT2D eigenvalue weighted by Gasteiger charge is -2.18. The predicted molar refractivity (Wildman–Crippen MR) is 283 cm³/mol. The van der Waals surface area contributed by atoms with E-state index in [0.29, 0.717) is 19.3 Å². The molecule has 6 nitrogen and oxygen atoms in total. The van der Waals surface area contributed by atoms with E-state index >= 15 is 0 Å². The molecule has 0 heterocycles. The van der Waals surface area contributed by atoms with E-state index in [9.17, 15) is 14.4 Å². The second-order valence-corrected chi connectivity index (χ2v) is 17.4. The van der Waals surface area contributed by atoms with Crippen LogP contribution in [0, 0.1) is 0 Å². The van der Waals surface area contributed by atoms with E-state index in [0.717, 1.165) is 154 Å². The highest BCUT2D eigenvalue weighted by Crippen LogP contribution is 2.13. The summed E-state index contributed by atoms with van der Waals surface area (Å²) in [6.07, 6.45) is 72.3. The zero-order chi connectivity index (χ0) is 47.9. The molecule has 0 aliphatic heterocycles. The number of hydrogen-bond acceptors (Lipinski definition) is 6. The Balaban J connectivity index is 4.29. The van der Waals surface area contributed by atoms with E-state index in [1.54, 1.807) is 0 Å². The molecule has 1 atom stereocenters. The fourth-order valence-corrected chi connectivity index (χ4v) is 6.93. The van der Waals surface area contributed by atoms with Gasteiger partial charge in [-0.25, -0.2) is 0 Å². The minimum Gasteiger partial charge on any atom is -0.462 e. The lowest BCUT2D eigenvalue weighted by Crippen LogP contribution is -2.30. The molecule has 1 unspecified atom stereocenters. The molecule has 0 aliphatic rings. The Hall–Kier alpha value is -3.93. The van der Waals surface area contributed by atoms with Crippen molar-refractivity contribution in [2.24, 2.45) is 0 Å². The molecule has 0 aromatic carbocycles. The molecule has 66 heavy (non-hydrogen) atoms. The third-order valence-corrected chi connectivity index (χ3v) is 11.0. The first-order valence-corrected chi connectivity index (χ1v) is 26.9. The van der Waals surface area contributed by atoms with E-state index in [1.807, 2.05) is 0 Å². The van der Waals surface area contributed by atoms with Crippen LogP contribution in [0.3, 0.4) is 0 Å². The van der Waals surface area contributed by atoms with Crippen molar-refractivity contribution in [3.05, 3.63) is 109 Å². The van der Waals surface area contributed by atoms with Crippen molar-refractivity contribution in [3.63, 3.8) is 0 Å². The van der Waals surface area contributed by atoms with Crippen LogP contribution in [0.5, 0.6) is 0 Å². The van der Waals surface area contributed by atoms with Crippen molar-refractivity contribution in [2.45, 2.75) is 239 Å². The van der Waals surface area contributed by atoms with Crippen LogP contribution >= 0.6 is 0 Å². The fourth-order valence-electron chi connectivity index (χ4n) is 6.93. The maximum Gasteiger partial charge on any atom is 0.306 e. The molecule has 0 rings (SSSR count). The second kappa shape index (κ2) is 53.7. The Labute approximate surface area is 406 Å². The highest BCUT2D eigenvalue weighted by molar-refractivity contribution is 5.71. The van der Waals surface area contributed by atoms with Crippen molar-refractivity contribution >= 4 is 17.9 Å². The minimum atomic E-state index is -0.793. The molecule has 0 saturated heterocycles. The second-order valence-electron chi connectivity index (χ2n) is 17.4. The molecule has 0 aromatic heterocycles. The molecular weight excluding hydrogens is 817 g/mol. The van der Waals surface area contributed by atoms with Gasteiger partial charge in [-0.3, -0.25) is 14.4 Å². The predicted octanol–water partition coefficient (Wildman–Crippen LogP) is 17.9. The summed E-state index contributed by atoms with van der Waals surface area (Å²) >= 11 is 0. The number of ether oxygens (including phenoxy) is 3. The van der Waals surface area contributed by atoms with Crippen molar-refractivity contribution in [1.82, 2.24) is 0 Å². The lowest BCUT2D eigenvalue weighted by molar-refractivity contribution is -0.167. The number of esters is 3. The number of rotatable bonds is 47. The zero-order valence-electron chi connectivity index (χ0n) is 42.7. The van der Waals surface area contributed by atoms with Gasteiger partial charge in [-0.05, 0) is 116 Å². The van der Waals surface area contributed by atoms with Gasteiger partial charge in [0.2, 0.25) is 0 Å². The van der Waals surface area contributed by atoms with Crippen LogP contribution in [0.2, 0.25) is 0 Å².